The predicted octanol–water partition coefficient (Wildman–Crippen LogP) is 7.86. The van der Waals surface area contributed by atoms with Crippen LogP contribution in [0.15, 0.2) is 76.6 Å². The van der Waals surface area contributed by atoms with Gasteiger partial charge in [0.05, 0.1) is 18.2 Å². The zero-order valence-electron chi connectivity index (χ0n) is 25.0. The van der Waals surface area contributed by atoms with Crippen LogP contribution in [-0.2, 0) is 21.8 Å². The van der Waals surface area contributed by atoms with Crippen LogP contribution >= 0.6 is 34.7 Å². The summed E-state index contributed by atoms with van der Waals surface area (Å²) in [7, 11) is 0. The van der Waals surface area contributed by atoms with Crippen molar-refractivity contribution in [3.8, 4) is 11.5 Å². The third-order valence-corrected chi connectivity index (χ3v) is 10.1. The summed E-state index contributed by atoms with van der Waals surface area (Å²) >= 11 is 8.98. The molecule has 4 aromatic rings. The summed E-state index contributed by atoms with van der Waals surface area (Å²) in [5.41, 5.74) is 2.90. The summed E-state index contributed by atoms with van der Waals surface area (Å²) in [6, 6.07) is 19.2. The van der Waals surface area contributed by atoms with E-state index in [-0.39, 0.29) is 22.6 Å². The monoisotopic (exact) mass is 661 g/mol. The number of aliphatic hydroxyl groups is 1. The normalized spacial score (nSPS) is 18.8. The fraction of sp³-hybridized carbons (Fsp3) is 0.294. The number of amides is 1. The summed E-state index contributed by atoms with van der Waals surface area (Å²) < 4.78 is 12.5. The number of ketones is 1. The van der Waals surface area contributed by atoms with Crippen molar-refractivity contribution in [2.75, 3.05) is 11.5 Å². The molecule has 1 aromatic heterocycles. The SMILES string of the molecule is CC(C)CCOc1cccc([C@@H]2C(=C(O)c3ccc4c(c3)C[C@H](C)O4)C(=O)C(=O)N2c2nnc(SCc3ccccc3Cl)s2)c1. The van der Waals surface area contributed by atoms with Gasteiger partial charge in [0.2, 0.25) is 5.13 Å². The highest BCUT2D eigenvalue weighted by molar-refractivity contribution is 8.00. The quantitative estimate of drug-likeness (QED) is 0.0603. The van der Waals surface area contributed by atoms with E-state index < -0.39 is 17.7 Å². The predicted molar refractivity (Wildman–Crippen MR) is 177 cm³/mol. The van der Waals surface area contributed by atoms with E-state index in [1.165, 1.54) is 28.0 Å². The molecule has 0 saturated carbocycles. The van der Waals surface area contributed by atoms with Crippen LogP contribution in [-0.4, -0.2) is 39.7 Å². The average molecular weight is 662 g/mol. The minimum atomic E-state index is -0.948. The van der Waals surface area contributed by atoms with Gasteiger partial charge in [-0.2, -0.15) is 0 Å². The summed E-state index contributed by atoms with van der Waals surface area (Å²) in [4.78, 5) is 28.8. The number of hydrogen-bond acceptors (Lipinski definition) is 9. The van der Waals surface area contributed by atoms with Gasteiger partial charge in [0.15, 0.2) is 4.34 Å². The summed E-state index contributed by atoms with van der Waals surface area (Å²) in [6.45, 7) is 6.76. The van der Waals surface area contributed by atoms with E-state index in [4.69, 9.17) is 21.1 Å². The number of carbonyl (C=O) groups excluding carboxylic acids is 2. The van der Waals surface area contributed by atoms with Gasteiger partial charge >= 0.3 is 5.91 Å². The molecule has 0 radical (unpaired) electrons. The van der Waals surface area contributed by atoms with Gasteiger partial charge in [0.25, 0.3) is 5.78 Å². The Bertz CT molecular complexity index is 1790. The highest BCUT2D eigenvalue weighted by Crippen LogP contribution is 2.45. The second kappa shape index (κ2) is 13.2. The number of Topliss-reactive ketones (excluding diaryl/α,β-unsaturated/α-hetero) is 1. The number of aromatic nitrogens is 2. The van der Waals surface area contributed by atoms with Gasteiger partial charge in [-0.25, -0.2) is 0 Å². The Morgan fingerprint density at radius 2 is 1.96 bits per heavy atom. The minimum Gasteiger partial charge on any atom is -0.507 e. The molecule has 1 N–H and O–H groups in total. The Balaban J connectivity index is 1.38. The van der Waals surface area contributed by atoms with Crippen molar-refractivity contribution in [2.24, 2.45) is 5.92 Å². The Hall–Kier alpha value is -3.86. The Morgan fingerprint density at radius 3 is 2.76 bits per heavy atom. The van der Waals surface area contributed by atoms with Crippen molar-refractivity contribution in [2.45, 2.75) is 55.9 Å². The molecule has 0 spiro atoms. The molecule has 11 heteroatoms. The van der Waals surface area contributed by atoms with Crippen molar-refractivity contribution >= 4 is 57.3 Å². The lowest BCUT2D eigenvalue weighted by Gasteiger charge is -2.23. The molecule has 0 aliphatic carbocycles. The first-order valence-electron chi connectivity index (χ1n) is 14.7. The van der Waals surface area contributed by atoms with Crippen molar-refractivity contribution in [3.63, 3.8) is 0 Å². The number of benzene rings is 3. The van der Waals surface area contributed by atoms with Crippen LogP contribution in [0.4, 0.5) is 5.13 Å². The van der Waals surface area contributed by atoms with Gasteiger partial charge in [0, 0.05) is 22.8 Å². The average Bonchev–Trinajstić information content (AvgIpc) is 3.71. The topological polar surface area (TPSA) is 102 Å². The molecule has 45 heavy (non-hydrogen) atoms. The zero-order valence-corrected chi connectivity index (χ0v) is 27.4. The third-order valence-electron chi connectivity index (χ3n) is 7.66. The highest BCUT2D eigenvalue weighted by Gasteiger charge is 2.48. The maximum atomic E-state index is 13.7. The van der Waals surface area contributed by atoms with E-state index in [1.807, 2.05) is 61.5 Å². The van der Waals surface area contributed by atoms with Crippen LogP contribution in [0.5, 0.6) is 11.5 Å². The van der Waals surface area contributed by atoms with E-state index >= 15 is 0 Å². The minimum absolute atomic E-state index is 0.0174. The van der Waals surface area contributed by atoms with Gasteiger partial charge in [0.1, 0.15) is 23.4 Å². The lowest BCUT2D eigenvalue weighted by atomic mass is 9.94. The van der Waals surface area contributed by atoms with E-state index in [2.05, 4.69) is 24.0 Å². The first-order valence-corrected chi connectivity index (χ1v) is 16.9. The summed E-state index contributed by atoms with van der Waals surface area (Å²) in [5, 5.41) is 21.2. The number of nitrogens with zero attached hydrogens (tertiary/aromatic N) is 3. The lowest BCUT2D eigenvalue weighted by molar-refractivity contribution is -0.132. The van der Waals surface area contributed by atoms with Gasteiger partial charge in [-0.05, 0) is 72.4 Å². The molecule has 2 atom stereocenters. The number of carbonyl (C=O) groups is 2. The third kappa shape index (κ3) is 6.59. The van der Waals surface area contributed by atoms with Gasteiger partial charge in [-0.15, -0.1) is 10.2 Å². The van der Waals surface area contributed by atoms with Crippen LogP contribution < -0.4 is 14.4 Å². The molecule has 1 amide bonds. The molecule has 1 saturated heterocycles. The Labute approximate surface area is 275 Å². The smallest absolute Gasteiger partial charge is 0.301 e. The molecule has 8 nitrogen and oxygen atoms in total. The number of halogens is 1. The van der Waals surface area contributed by atoms with Gasteiger partial charge in [-0.1, -0.05) is 78.9 Å². The second-order valence-electron chi connectivity index (χ2n) is 11.5. The number of anilines is 1. The molecule has 3 aromatic carbocycles. The largest absolute Gasteiger partial charge is 0.507 e. The molecular weight excluding hydrogens is 630 g/mol. The number of hydrogen-bond donors (Lipinski definition) is 1. The van der Waals surface area contributed by atoms with E-state index in [0.717, 1.165) is 23.3 Å². The molecule has 1 fully saturated rings. The zero-order chi connectivity index (χ0) is 31.7. The van der Waals surface area contributed by atoms with Crippen molar-refractivity contribution in [1.29, 1.82) is 0 Å². The first kappa shape index (κ1) is 31.1. The summed E-state index contributed by atoms with van der Waals surface area (Å²) in [6.07, 6.45) is 1.58. The van der Waals surface area contributed by atoms with Crippen LogP contribution in [0.3, 0.4) is 0 Å². The van der Waals surface area contributed by atoms with Crippen LogP contribution in [0.25, 0.3) is 5.76 Å². The summed E-state index contributed by atoms with van der Waals surface area (Å²) in [5.74, 6) is 0.551. The maximum absolute atomic E-state index is 13.7. The number of aliphatic hydroxyl groups excluding tert-OH is 1. The van der Waals surface area contributed by atoms with Crippen LogP contribution in [0.1, 0.15) is 55.5 Å². The van der Waals surface area contributed by atoms with Crippen LogP contribution in [0, 0.1) is 5.92 Å². The van der Waals surface area contributed by atoms with Crippen molar-refractivity contribution in [3.05, 3.63) is 99.6 Å². The van der Waals surface area contributed by atoms with Gasteiger partial charge in [-0.3, -0.25) is 14.5 Å². The molecule has 2 aliphatic rings. The molecule has 0 bridgehead atoms. The first-order chi connectivity index (χ1) is 21.7. The van der Waals surface area contributed by atoms with E-state index in [9.17, 15) is 14.7 Å². The van der Waals surface area contributed by atoms with Crippen LogP contribution in [0.2, 0.25) is 5.02 Å². The second-order valence-corrected chi connectivity index (χ2v) is 14.0. The fourth-order valence-corrected chi connectivity index (χ4v) is 7.52. The van der Waals surface area contributed by atoms with E-state index in [1.54, 1.807) is 12.1 Å². The Morgan fingerprint density at radius 1 is 1.13 bits per heavy atom. The fourth-order valence-electron chi connectivity index (χ4n) is 5.37. The standard InChI is InChI=1S/C34H32ClN3O5S2/c1-19(2)13-14-42-25-9-6-8-21(17-25)29-28(30(39)22-11-12-27-24(16-22)15-20(3)43-27)31(40)32(41)38(29)33-36-37-34(45-33)44-18-23-7-4-5-10-26(23)35/h4-12,16-17,19-20,29,39H,13-15,18H2,1-3H3/t20-,29+/m0/s1. The highest BCUT2D eigenvalue weighted by atomic mass is 35.5. The van der Waals surface area contributed by atoms with Gasteiger partial charge < -0.3 is 14.6 Å². The molecule has 232 valence electrons. The number of rotatable bonds is 10. The number of ether oxygens (including phenoxy) is 2. The molecule has 0 unspecified atom stereocenters. The number of thioether (sulfide) groups is 1. The Kier molecular flexibility index (Phi) is 9.16. The molecule has 3 heterocycles. The maximum Gasteiger partial charge on any atom is 0.301 e. The molecular formula is C34H32ClN3O5S2. The van der Waals surface area contributed by atoms with Crippen molar-refractivity contribution in [1.82, 2.24) is 10.2 Å². The lowest BCUT2D eigenvalue weighted by Crippen LogP contribution is -2.29. The van der Waals surface area contributed by atoms with Crippen molar-refractivity contribution < 1.29 is 24.2 Å². The molecule has 2 aliphatic heterocycles. The number of fused-ring (bicyclic) bond motifs is 1. The van der Waals surface area contributed by atoms with E-state index in [0.29, 0.717) is 50.9 Å². The molecule has 6 rings (SSSR count).